The molecule has 2 aliphatic heterocycles. The topological polar surface area (TPSA) is 69.7 Å². The van der Waals surface area contributed by atoms with Gasteiger partial charge in [-0.2, -0.15) is 0 Å². The van der Waals surface area contributed by atoms with E-state index < -0.39 is 6.04 Å². The Hall–Kier alpha value is -2.08. The van der Waals surface area contributed by atoms with E-state index in [4.69, 9.17) is 11.6 Å². The lowest BCUT2D eigenvalue weighted by atomic mass is 10.1. The van der Waals surface area contributed by atoms with E-state index in [0.717, 1.165) is 5.56 Å². The third kappa shape index (κ3) is 3.87. The molecule has 0 bridgehead atoms. The van der Waals surface area contributed by atoms with E-state index in [1.807, 2.05) is 12.1 Å². The molecule has 2 heterocycles. The Morgan fingerprint density at radius 2 is 1.88 bits per heavy atom. The van der Waals surface area contributed by atoms with Crippen molar-refractivity contribution in [2.24, 2.45) is 0 Å². The zero-order chi connectivity index (χ0) is 17.1. The normalized spacial score (nSPS) is 20.9. The van der Waals surface area contributed by atoms with E-state index in [0.29, 0.717) is 50.5 Å². The predicted octanol–water partition coefficient (Wildman–Crippen LogP) is 0.832. The molecule has 2 aliphatic rings. The van der Waals surface area contributed by atoms with Crippen LogP contribution < -0.4 is 5.32 Å². The van der Waals surface area contributed by atoms with Crippen LogP contribution in [0.1, 0.15) is 18.4 Å². The number of carbonyl (C=O) groups is 3. The summed E-state index contributed by atoms with van der Waals surface area (Å²) in [5, 5.41) is 3.32. The summed E-state index contributed by atoms with van der Waals surface area (Å²) in [7, 11) is 0. The maximum absolute atomic E-state index is 12.4. The van der Waals surface area contributed by atoms with Crippen LogP contribution in [0.3, 0.4) is 0 Å². The minimum Gasteiger partial charge on any atom is -0.344 e. The summed E-state index contributed by atoms with van der Waals surface area (Å²) in [6.07, 6.45) is 1.28. The molecule has 0 aliphatic carbocycles. The number of benzene rings is 1. The molecule has 1 atom stereocenters. The molecule has 1 N–H and O–H groups in total. The molecule has 24 heavy (non-hydrogen) atoms. The Morgan fingerprint density at radius 3 is 2.50 bits per heavy atom. The van der Waals surface area contributed by atoms with Gasteiger partial charge in [0.05, 0.1) is 6.42 Å². The van der Waals surface area contributed by atoms with Gasteiger partial charge in [-0.05, 0) is 24.1 Å². The third-order valence-electron chi connectivity index (χ3n) is 4.48. The average Bonchev–Trinajstić information content (AvgIpc) is 3.01. The molecule has 1 unspecified atom stereocenters. The van der Waals surface area contributed by atoms with Crippen molar-refractivity contribution in [2.75, 3.05) is 26.2 Å². The maximum Gasteiger partial charge on any atom is 0.245 e. The molecule has 0 saturated carbocycles. The summed E-state index contributed by atoms with van der Waals surface area (Å²) in [6.45, 7) is 2.05. The first-order valence-electron chi connectivity index (χ1n) is 8.13. The van der Waals surface area contributed by atoms with Gasteiger partial charge in [0, 0.05) is 37.6 Å². The molecule has 6 nitrogen and oxygen atoms in total. The number of hydrogen-bond donors (Lipinski definition) is 1. The summed E-state index contributed by atoms with van der Waals surface area (Å²) in [5.41, 5.74) is 0.889. The van der Waals surface area contributed by atoms with E-state index in [1.54, 1.807) is 21.9 Å². The average molecular weight is 350 g/mol. The standard InChI is InChI=1S/C17H20ClN3O3/c18-13-3-1-2-12(10-13)11-16(23)20-6-8-21(9-7-20)17(24)14-4-5-15(22)19-14/h1-3,10,14H,4-9,11H2,(H,19,22). The van der Waals surface area contributed by atoms with Crippen LogP contribution in [0.5, 0.6) is 0 Å². The summed E-state index contributed by atoms with van der Waals surface area (Å²) < 4.78 is 0. The quantitative estimate of drug-likeness (QED) is 0.878. The number of halogens is 1. The molecular formula is C17H20ClN3O3. The largest absolute Gasteiger partial charge is 0.344 e. The number of nitrogens with zero attached hydrogens (tertiary/aromatic N) is 2. The monoisotopic (exact) mass is 349 g/mol. The molecule has 1 aromatic rings. The number of amides is 3. The van der Waals surface area contributed by atoms with Crippen molar-refractivity contribution in [1.82, 2.24) is 15.1 Å². The van der Waals surface area contributed by atoms with Crippen molar-refractivity contribution in [3.8, 4) is 0 Å². The summed E-state index contributed by atoms with van der Waals surface area (Å²) in [5.74, 6) is -0.0648. The summed E-state index contributed by atoms with van der Waals surface area (Å²) >= 11 is 5.94. The van der Waals surface area contributed by atoms with Crippen LogP contribution in [0.4, 0.5) is 0 Å². The smallest absolute Gasteiger partial charge is 0.245 e. The third-order valence-corrected chi connectivity index (χ3v) is 4.72. The van der Waals surface area contributed by atoms with Crippen molar-refractivity contribution in [2.45, 2.75) is 25.3 Å². The van der Waals surface area contributed by atoms with Crippen LogP contribution in [0.15, 0.2) is 24.3 Å². The van der Waals surface area contributed by atoms with Crippen LogP contribution >= 0.6 is 11.6 Å². The highest BCUT2D eigenvalue weighted by Crippen LogP contribution is 2.14. The number of carbonyl (C=O) groups excluding carboxylic acids is 3. The van der Waals surface area contributed by atoms with Gasteiger partial charge in [0.1, 0.15) is 6.04 Å². The van der Waals surface area contributed by atoms with E-state index in [2.05, 4.69) is 5.32 Å². The van der Waals surface area contributed by atoms with E-state index in [1.165, 1.54) is 0 Å². The van der Waals surface area contributed by atoms with Crippen molar-refractivity contribution >= 4 is 29.3 Å². The Kier molecular flexibility index (Phi) is 5.04. The van der Waals surface area contributed by atoms with Gasteiger partial charge in [-0.3, -0.25) is 14.4 Å². The van der Waals surface area contributed by atoms with Gasteiger partial charge in [-0.15, -0.1) is 0 Å². The van der Waals surface area contributed by atoms with Gasteiger partial charge < -0.3 is 15.1 Å². The molecule has 7 heteroatoms. The molecule has 0 aromatic heterocycles. The van der Waals surface area contributed by atoms with Crippen molar-refractivity contribution < 1.29 is 14.4 Å². The lowest BCUT2D eigenvalue weighted by Gasteiger charge is -2.36. The molecule has 1 aromatic carbocycles. The Labute approximate surface area is 145 Å². The second kappa shape index (κ2) is 7.21. The predicted molar refractivity (Wildman–Crippen MR) is 89.5 cm³/mol. The van der Waals surface area contributed by atoms with Crippen LogP contribution in [0, 0.1) is 0 Å². The molecule has 2 fully saturated rings. The van der Waals surface area contributed by atoms with E-state index in [9.17, 15) is 14.4 Å². The van der Waals surface area contributed by atoms with Gasteiger partial charge in [0.25, 0.3) is 0 Å². The number of rotatable bonds is 3. The fourth-order valence-electron chi connectivity index (χ4n) is 3.13. The highest BCUT2D eigenvalue weighted by molar-refractivity contribution is 6.30. The van der Waals surface area contributed by atoms with Gasteiger partial charge in [-0.1, -0.05) is 23.7 Å². The SMILES string of the molecule is O=C1CCC(C(=O)N2CCN(C(=O)Cc3cccc(Cl)c3)CC2)N1. The van der Waals surface area contributed by atoms with Crippen molar-refractivity contribution in [3.05, 3.63) is 34.9 Å². The highest BCUT2D eigenvalue weighted by Gasteiger charge is 2.32. The fraction of sp³-hybridized carbons (Fsp3) is 0.471. The maximum atomic E-state index is 12.4. The number of nitrogens with one attached hydrogen (secondary N) is 1. The zero-order valence-electron chi connectivity index (χ0n) is 13.3. The molecule has 128 valence electrons. The second-order valence-corrected chi connectivity index (χ2v) is 6.61. The molecule has 3 rings (SSSR count). The first-order chi connectivity index (χ1) is 11.5. The first kappa shape index (κ1) is 16.8. The van der Waals surface area contributed by atoms with Crippen LogP contribution in [0.2, 0.25) is 5.02 Å². The number of piperazine rings is 1. The second-order valence-electron chi connectivity index (χ2n) is 6.17. The Balaban J connectivity index is 1.50. The van der Waals surface area contributed by atoms with Gasteiger partial charge >= 0.3 is 0 Å². The fourth-order valence-corrected chi connectivity index (χ4v) is 3.34. The summed E-state index contributed by atoms with van der Waals surface area (Å²) in [6, 6.07) is 6.89. The molecular weight excluding hydrogens is 330 g/mol. The van der Waals surface area contributed by atoms with Crippen LogP contribution in [0.25, 0.3) is 0 Å². The summed E-state index contributed by atoms with van der Waals surface area (Å²) in [4.78, 5) is 39.5. The molecule has 0 radical (unpaired) electrons. The highest BCUT2D eigenvalue weighted by atomic mass is 35.5. The minimum atomic E-state index is -0.397. The lowest BCUT2D eigenvalue weighted by molar-refractivity contribution is -0.140. The molecule has 2 saturated heterocycles. The van der Waals surface area contributed by atoms with Gasteiger partial charge in [0.2, 0.25) is 17.7 Å². The van der Waals surface area contributed by atoms with Crippen molar-refractivity contribution in [1.29, 1.82) is 0 Å². The van der Waals surface area contributed by atoms with Crippen molar-refractivity contribution in [3.63, 3.8) is 0 Å². The van der Waals surface area contributed by atoms with E-state index >= 15 is 0 Å². The Bertz CT molecular complexity index is 656. The van der Waals surface area contributed by atoms with Gasteiger partial charge in [0.15, 0.2) is 0 Å². The Morgan fingerprint density at radius 1 is 1.17 bits per heavy atom. The number of hydrogen-bond acceptors (Lipinski definition) is 3. The van der Waals surface area contributed by atoms with Gasteiger partial charge in [-0.25, -0.2) is 0 Å². The minimum absolute atomic E-state index is 0.0391. The lowest BCUT2D eigenvalue weighted by Crippen LogP contribution is -2.54. The van der Waals surface area contributed by atoms with E-state index in [-0.39, 0.29) is 17.7 Å². The van der Waals surface area contributed by atoms with Crippen LogP contribution in [-0.2, 0) is 20.8 Å². The zero-order valence-corrected chi connectivity index (χ0v) is 14.1. The molecule has 3 amide bonds. The molecule has 0 spiro atoms. The van der Waals surface area contributed by atoms with Crippen LogP contribution in [-0.4, -0.2) is 59.7 Å². The first-order valence-corrected chi connectivity index (χ1v) is 8.51.